The van der Waals surface area contributed by atoms with Crippen LogP contribution in [0.25, 0.3) is 0 Å². The Morgan fingerprint density at radius 2 is 1.95 bits per heavy atom. The summed E-state index contributed by atoms with van der Waals surface area (Å²) in [5, 5.41) is 22.9. The average Bonchev–Trinajstić information content (AvgIpc) is 2.36. The van der Waals surface area contributed by atoms with Gasteiger partial charge in [-0.05, 0) is 6.07 Å². The van der Waals surface area contributed by atoms with Gasteiger partial charge in [0.1, 0.15) is 17.3 Å². The molecule has 0 aliphatic carbocycles. The second-order valence-electron chi connectivity index (χ2n) is 4.02. The minimum Gasteiger partial charge on any atom is -0.508 e. The summed E-state index contributed by atoms with van der Waals surface area (Å²) in [5.41, 5.74) is -0.663. The molecule has 7 heteroatoms. The summed E-state index contributed by atoms with van der Waals surface area (Å²) >= 11 is 0. The number of rotatable bonds is 4. The molecule has 0 unspecified atom stereocenters. The van der Waals surface area contributed by atoms with Crippen molar-refractivity contribution in [2.45, 2.75) is 6.54 Å². The van der Waals surface area contributed by atoms with Crippen molar-refractivity contribution in [2.24, 2.45) is 0 Å². The van der Waals surface area contributed by atoms with Crippen LogP contribution in [-0.2, 0) is 6.54 Å². The van der Waals surface area contributed by atoms with Gasteiger partial charge < -0.3 is 10.4 Å². The fourth-order valence-corrected chi connectivity index (χ4v) is 1.74. The van der Waals surface area contributed by atoms with Crippen molar-refractivity contribution in [2.75, 3.05) is 5.32 Å². The Morgan fingerprint density at radius 1 is 1.25 bits per heavy atom. The molecule has 0 aliphatic rings. The molecule has 0 atom stereocenters. The highest BCUT2D eigenvalue weighted by Crippen LogP contribution is 2.29. The quantitative estimate of drug-likeness (QED) is 0.666. The SMILES string of the molecule is O=[N+]([O-])c1c(F)cc(F)cc1NCc1ccccc1O. The molecule has 0 heterocycles. The topological polar surface area (TPSA) is 75.4 Å². The van der Waals surface area contributed by atoms with E-state index in [9.17, 15) is 24.0 Å². The lowest BCUT2D eigenvalue weighted by molar-refractivity contribution is -0.386. The number of phenolic OH excluding ortho intramolecular Hbond substituents is 1. The largest absolute Gasteiger partial charge is 0.508 e. The Hall–Kier alpha value is -2.70. The first-order valence-electron chi connectivity index (χ1n) is 5.63. The molecule has 0 aromatic heterocycles. The third kappa shape index (κ3) is 2.82. The normalized spacial score (nSPS) is 10.3. The molecule has 20 heavy (non-hydrogen) atoms. The van der Waals surface area contributed by atoms with Crippen LogP contribution in [0.5, 0.6) is 5.75 Å². The average molecular weight is 280 g/mol. The summed E-state index contributed by atoms with van der Waals surface area (Å²) in [4.78, 5) is 9.86. The van der Waals surface area contributed by atoms with E-state index >= 15 is 0 Å². The monoisotopic (exact) mass is 280 g/mol. The molecule has 5 nitrogen and oxygen atoms in total. The second kappa shape index (κ2) is 5.52. The Balaban J connectivity index is 2.30. The molecule has 0 amide bonds. The van der Waals surface area contributed by atoms with E-state index in [2.05, 4.69) is 5.32 Å². The highest BCUT2D eigenvalue weighted by atomic mass is 19.1. The highest BCUT2D eigenvalue weighted by Gasteiger charge is 2.21. The number of benzene rings is 2. The summed E-state index contributed by atoms with van der Waals surface area (Å²) in [6.07, 6.45) is 0. The van der Waals surface area contributed by atoms with Crippen LogP contribution in [0.4, 0.5) is 20.2 Å². The molecular formula is C13H10F2N2O3. The van der Waals surface area contributed by atoms with Gasteiger partial charge in [0, 0.05) is 24.2 Å². The van der Waals surface area contributed by atoms with Crippen LogP contribution in [0.2, 0.25) is 0 Å². The molecule has 0 saturated heterocycles. The first-order valence-corrected chi connectivity index (χ1v) is 5.63. The fraction of sp³-hybridized carbons (Fsp3) is 0.0769. The molecule has 104 valence electrons. The molecule has 0 spiro atoms. The van der Waals surface area contributed by atoms with Crippen molar-refractivity contribution >= 4 is 11.4 Å². The fourth-order valence-electron chi connectivity index (χ4n) is 1.74. The van der Waals surface area contributed by atoms with Crippen molar-refractivity contribution in [3.05, 3.63) is 63.7 Å². The van der Waals surface area contributed by atoms with Gasteiger partial charge in [-0.1, -0.05) is 18.2 Å². The van der Waals surface area contributed by atoms with E-state index in [-0.39, 0.29) is 18.0 Å². The van der Waals surface area contributed by atoms with Crippen molar-refractivity contribution in [3.8, 4) is 5.75 Å². The van der Waals surface area contributed by atoms with E-state index in [1.54, 1.807) is 18.2 Å². The smallest absolute Gasteiger partial charge is 0.327 e. The molecule has 0 fully saturated rings. The van der Waals surface area contributed by atoms with Crippen molar-refractivity contribution in [3.63, 3.8) is 0 Å². The second-order valence-corrected chi connectivity index (χ2v) is 4.02. The van der Waals surface area contributed by atoms with Crippen LogP contribution in [0.15, 0.2) is 36.4 Å². The van der Waals surface area contributed by atoms with E-state index in [0.717, 1.165) is 6.07 Å². The van der Waals surface area contributed by atoms with Crippen molar-refractivity contribution in [1.82, 2.24) is 0 Å². The molecule has 0 radical (unpaired) electrons. The zero-order chi connectivity index (χ0) is 14.7. The molecule has 2 aromatic rings. The number of para-hydroxylation sites is 1. The molecule has 2 N–H and O–H groups in total. The summed E-state index contributed by atoms with van der Waals surface area (Å²) in [5.74, 6) is -2.19. The lowest BCUT2D eigenvalue weighted by Gasteiger charge is -2.09. The minimum atomic E-state index is -1.25. The van der Waals surface area contributed by atoms with Crippen molar-refractivity contribution in [1.29, 1.82) is 0 Å². The van der Waals surface area contributed by atoms with Gasteiger partial charge in [-0.2, -0.15) is 4.39 Å². The van der Waals surface area contributed by atoms with Crippen LogP contribution >= 0.6 is 0 Å². The van der Waals surface area contributed by atoms with E-state index in [4.69, 9.17) is 0 Å². The predicted octanol–water partition coefficient (Wildman–Crippen LogP) is 3.19. The Labute approximate surface area is 112 Å². The molecule has 0 bridgehead atoms. The zero-order valence-corrected chi connectivity index (χ0v) is 10.1. The van der Waals surface area contributed by atoms with Crippen LogP contribution in [0.3, 0.4) is 0 Å². The number of anilines is 1. The lowest BCUT2D eigenvalue weighted by atomic mass is 10.2. The number of hydrogen-bond donors (Lipinski definition) is 2. The van der Waals surface area contributed by atoms with Gasteiger partial charge in [0.25, 0.3) is 0 Å². The Kier molecular flexibility index (Phi) is 3.79. The number of aromatic hydroxyl groups is 1. The molecular weight excluding hydrogens is 270 g/mol. The predicted molar refractivity (Wildman–Crippen MR) is 68.4 cm³/mol. The van der Waals surface area contributed by atoms with Gasteiger partial charge in [0.2, 0.25) is 5.82 Å². The van der Waals surface area contributed by atoms with Crippen molar-refractivity contribution < 1.29 is 18.8 Å². The maximum atomic E-state index is 13.4. The summed E-state index contributed by atoms with van der Waals surface area (Å²) in [6, 6.07) is 7.59. The number of halogens is 2. The molecule has 2 rings (SSSR count). The number of nitro benzene ring substituents is 1. The highest BCUT2D eigenvalue weighted by molar-refractivity contribution is 5.62. The lowest BCUT2D eigenvalue weighted by Crippen LogP contribution is -2.05. The third-order valence-corrected chi connectivity index (χ3v) is 2.67. The van der Waals surface area contributed by atoms with E-state index < -0.39 is 22.2 Å². The van der Waals surface area contributed by atoms with Gasteiger partial charge in [0.05, 0.1) is 4.92 Å². The number of nitro groups is 1. The van der Waals surface area contributed by atoms with Crippen LogP contribution in [-0.4, -0.2) is 10.0 Å². The van der Waals surface area contributed by atoms with E-state index in [1.807, 2.05) is 0 Å². The number of phenols is 1. The van der Waals surface area contributed by atoms with Gasteiger partial charge in [-0.15, -0.1) is 0 Å². The first-order chi connectivity index (χ1) is 9.49. The van der Waals surface area contributed by atoms with Gasteiger partial charge >= 0.3 is 5.69 Å². The third-order valence-electron chi connectivity index (χ3n) is 2.67. The van der Waals surface area contributed by atoms with Crippen LogP contribution in [0.1, 0.15) is 5.56 Å². The summed E-state index contributed by atoms with van der Waals surface area (Å²) in [6.45, 7) is -0.00356. The first kappa shape index (κ1) is 13.7. The summed E-state index contributed by atoms with van der Waals surface area (Å²) in [7, 11) is 0. The van der Waals surface area contributed by atoms with Gasteiger partial charge in [0.15, 0.2) is 0 Å². The number of hydrogen-bond acceptors (Lipinski definition) is 4. The molecule has 0 saturated carbocycles. The van der Waals surface area contributed by atoms with E-state index in [0.29, 0.717) is 11.6 Å². The Bertz CT molecular complexity index is 662. The Morgan fingerprint density at radius 3 is 2.60 bits per heavy atom. The zero-order valence-electron chi connectivity index (χ0n) is 10.1. The molecule has 2 aromatic carbocycles. The number of nitrogens with one attached hydrogen (secondary N) is 1. The number of nitrogens with zero attached hydrogens (tertiary/aromatic N) is 1. The molecule has 0 aliphatic heterocycles. The maximum absolute atomic E-state index is 13.4. The standard InChI is InChI=1S/C13H10F2N2O3/c14-9-5-10(15)13(17(19)20)11(6-9)16-7-8-3-1-2-4-12(8)18/h1-6,16,18H,7H2. The summed E-state index contributed by atoms with van der Waals surface area (Å²) < 4.78 is 26.5. The van der Waals surface area contributed by atoms with Gasteiger partial charge in [-0.3, -0.25) is 10.1 Å². The van der Waals surface area contributed by atoms with E-state index in [1.165, 1.54) is 6.07 Å². The minimum absolute atomic E-state index is 0.00356. The maximum Gasteiger partial charge on any atom is 0.327 e. The van der Waals surface area contributed by atoms with Crippen LogP contribution < -0.4 is 5.32 Å². The van der Waals surface area contributed by atoms with Crippen LogP contribution in [0, 0.1) is 21.7 Å². The van der Waals surface area contributed by atoms with Gasteiger partial charge in [-0.25, -0.2) is 4.39 Å².